The summed E-state index contributed by atoms with van der Waals surface area (Å²) in [6, 6.07) is 6.99. The third kappa shape index (κ3) is 2.83. The molecule has 0 aliphatic rings. The van der Waals surface area contributed by atoms with Crippen molar-refractivity contribution in [1.82, 2.24) is 4.98 Å². The molecular formula is C12H8Cl3NO. The van der Waals surface area contributed by atoms with Gasteiger partial charge in [-0.25, -0.2) is 0 Å². The second kappa shape index (κ2) is 5.58. The number of pyridine rings is 1. The highest BCUT2D eigenvalue weighted by Crippen LogP contribution is 2.35. The first-order chi connectivity index (χ1) is 8.22. The van der Waals surface area contributed by atoms with Crippen LogP contribution >= 0.6 is 34.8 Å². The van der Waals surface area contributed by atoms with E-state index >= 15 is 0 Å². The Morgan fingerprint density at radius 1 is 1.12 bits per heavy atom. The molecule has 0 amide bonds. The largest absolute Gasteiger partial charge is 0.454 e. The molecule has 0 saturated heterocycles. The van der Waals surface area contributed by atoms with Gasteiger partial charge < -0.3 is 4.74 Å². The number of rotatable bonds is 3. The van der Waals surface area contributed by atoms with Gasteiger partial charge in [0.1, 0.15) is 16.5 Å². The highest BCUT2D eigenvalue weighted by atomic mass is 35.5. The minimum Gasteiger partial charge on any atom is -0.454 e. The number of alkyl halides is 1. The smallest absolute Gasteiger partial charge is 0.150 e. The van der Waals surface area contributed by atoms with Gasteiger partial charge in [0.2, 0.25) is 0 Å². The van der Waals surface area contributed by atoms with Crippen molar-refractivity contribution in [3.63, 3.8) is 0 Å². The molecule has 88 valence electrons. The van der Waals surface area contributed by atoms with E-state index in [9.17, 15) is 0 Å². The van der Waals surface area contributed by atoms with Crippen molar-refractivity contribution >= 4 is 34.8 Å². The highest BCUT2D eigenvalue weighted by molar-refractivity contribution is 6.42. The van der Waals surface area contributed by atoms with Gasteiger partial charge in [-0.15, -0.1) is 11.6 Å². The summed E-state index contributed by atoms with van der Waals surface area (Å²) in [4.78, 5) is 3.98. The fraction of sp³-hybridized carbons (Fsp3) is 0.0833. The number of hydrogen-bond acceptors (Lipinski definition) is 2. The van der Waals surface area contributed by atoms with Crippen LogP contribution in [0.1, 0.15) is 5.56 Å². The number of halogens is 3. The molecule has 2 rings (SSSR count). The van der Waals surface area contributed by atoms with Gasteiger partial charge in [-0.3, -0.25) is 4.98 Å². The third-order valence-electron chi connectivity index (χ3n) is 2.15. The number of nitrogens with zero attached hydrogens (tertiary/aromatic N) is 1. The number of aromatic nitrogens is 1. The van der Waals surface area contributed by atoms with Gasteiger partial charge in [-0.2, -0.15) is 0 Å². The van der Waals surface area contributed by atoms with Gasteiger partial charge in [0, 0.05) is 11.8 Å². The lowest BCUT2D eigenvalue weighted by atomic mass is 10.3. The molecule has 0 aliphatic carbocycles. The van der Waals surface area contributed by atoms with Crippen LogP contribution in [0.25, 0.3) is 0 Å². The van der Waals surface area contributed by atoms with E-state index in [0.29, 0.717) is 27.4 Å². The van der Waals surface area contributed by atoms with Gasteiger partial charge in [0.05, 0.1) is 17.1 Å². The number of hydrogen-bond donors (Lipinski definition) is 0. The Labute approximate surface area is 114 Å². The first-order valence-electron chi connectivity index (χ1n) is 4.83. The summed E-state index contributed by atoms with van der Waals surface area (Å²) in [7, 11) is 0. The normalized spacial score (nSPS) is 10.3. The van der Waals surface area contributed by atoms with E-state index in [1.54, 1.807) is 36.7 Å². The molecule has 5 heteroatoms. The maximum absolute atomic E-state index is 6.03. The number of benzene rings is 1. The van der Waals surface area contributed by atoms with Gasteiger partial charge in [0.15, 0.2) is 0 Å². The molecule has 1 heterocycles. The molecule has 17 heavy (non-hydrogen) atoms. The van der Waals surface area contributed by atoms with E-state index in [0.717, 1.165) is 5.56 Å². The molecule has 0 fully saturated rings. The van der Waals surface area contributed by atoms with Crippen molar-refractivity contribution in [2.75, 3.05) is 0 Å². The first kappa shape index (κ1) is 12.5. The van der Waals surface area contributed by atoms with Crippen LogP contribution in [0, 0.1) is 0 Å². The molecule has 0 unspecified atom stereocenters. The average Bonchev–Trinajstić information content (AvgIpc) is 2.35. The molecule has 0 radical (unpaired) electrons. The fourth-order valence-electron chi connectivity index (χ4n) is 1.29. The van der Waals surface area contributed by atoms with E-state index in [-0.39, 0.29) is 0 Å². The van der Waals surface area contributed by atoms with Crippen molar-refractivity contribution in [1.29, 1.82) is 0 Å². The molecule has 0 spiro atoms. The Bertz CT molecular complexity index is 531. The maximum atomic E-state index is 6.03. The minimum absolute atomic E-state index is 0.343. The quantitative estimate of drug-likeness (QED) is 0.748. The molecule has 2 aromatic rings. The maximum Gasteiger partial charge on any atom is 0.150 e. The van der Waals surface area contributed by atoms with Gasteiger partial charge in [-0.05, 0) is 18.2 Å². The first-order valence-corrected chi connectivity index (χ1v) is 6.12. The monoisotopic (exact) mass is 287 g/mol. The van der Waals surface area contributed by atoms with Crippen molar-refractivity contribution in [2.45, 2.75) is 5.88 Å². The summed E-state index contributed by atoms with van der Waals surface area (Å²) in [6.45, 7) is 0. The van der Waals surface area contributed by atoms with Crippen LogP contribution in [0.2, 0.25) is 10.0 Å². The van der Waals surface area contributed by atoms with Gasteiger partial charge in [0.25, 0.3) is 0 Å². The predicted octanol–water partition coefficient (Wildman–Crippen LogP) is 4.92. The van der Waals surface area contributed by atoms with Crippen molar-refractivity contribution < 1.29 is 4.74 Å². The molecule has 2 nitrogen and oxygen atoms in total. The van der Waals surface area contributed by atoms with Crippen LogP contribution < -0.4 is 4.74 Å². The SMILES string of the molecule is ClCc1ccncc1Oc1cccc(Cl)c1Cl. The topological polar surface area (TPSA) is 22.1 Å². The van der Waals surface area contributed by atoms with Crippen molar-refractivity contribution in [2.24, 2.45) is 0 Å². The summed E-state index contributed by atoms with van der Waals surface area (Å²) in [5.41, 5.74) is 0.845. The zero-order valence-electron chi connectivity index (χ0n) is 8.66. The van der Waals surface area contributed by atoms with Crippen LogP contribution in [-0.4, -0.2) is 4.98 Å². The van der Waals surface area contributed by atoms with Crippen LogP contribution in [0.15, 0.2) is 36.7 Å². The average molecular weight is 289 g/mol. The molecule has 0 bridgehead atoms. The zero-order valence-corrected chi connectivity index (χ0v) is 10.9. The Hall–Kier alpha value is -0.960. The number of ether oxygens (including phenoxy) is 1. The lowest BCUT2D eigenvalue weighted by Gasteiger charge is -2.10. The Morgan fingerprint density at radius 3 is 2.71 bits per heavy atom. The molecule has 1 aromatic heterocycles. The molecule has 0 aliphatic heterocycles. The van der Waals surface area contributed by atoms with Crippen LogP contribution in [0.3, 0.4) is 0 Å². The van der Waals surface area contributed by atoms with E-state index in [1.807, 2.05) is 0 Å². The molecule has 1 aromatic carbocycles. The Kier molecular flexibility index (Phi) is 4.11. The molecule has 0 saturated carbocycles. The van der Waals surface area contributed by atoms with Crippen LogP contribution in [-0.2, 0) is 5.88 Å². The lowest BCUT2D eigenvalue weighted by molar-refractivity contribution is 0.476. The summed E-state index contributed by atoms with van der Waals surface area (Å²) < 4.78 is 5.65. The summed E-state index contributed by atoms with van der Waals surface area (Å²) in [6.07, 6.45) is 3.25. The lowest BCUT2D eigenvalue weighted by Crippen LogP contribution is -1.91. The van der Waals surface area contributed by atoms with Crippen molar-refractivity contribution in [3.05, 3.63) is 52.3 Å². The second-order valence-electron chi connectivity index (χ2n) is 3.27. The van der Waals surface area contributed by atoms with Crippen LogP contribution in [0.4, 0.5) is 0 Å². The third-order valence-corrected chi connectivity index (χ3v) is 3.24. The Balaban J connectivity index is 2.35. The second-order valence-corrected chi connectivity index (χ2v) is 4.32. The van der Waals surface area contributed by atoms with E-state index in [1.165, 1.54) is 0 Å². The van der Waals surface area contributed by atoms with Crippen molar-refractivity contribution in [3.8, 4) is 11.5 Å². The summed E-state index contributed by atoms with van der Waals surface area (Å²) in [5, 5.41) is 0.819. The molecule has 0 atom stereocenters. The fourth-order valence-corrected chi connectivity index (χ4v) is 1.84. The highest BCUT2D eigenvalue weighted by Gasteiger charge is 2.09. The van der Waals surface area contributed by atoms with Gasteiger partial charge in [-0.1, -0.05) is 29.3 Å². The Morgan fingerprint density at radius 2 is 1.94 bits per heavy atom. The van der Waals surface area contributed by atoms with E-state index in [4.69, 9.17) is 39.5 Å². The van der Waals surface area contributed by atoms with E-state index < -0.39 is 0 Å². The zero-order chi connectivity index (χ0) is 12.3. The predicted molar refractivity (Wildman–Crippen MR) is 70.3 cm³/mol. The molecule has 0 N–H and O–H groups in total. The summed E-state index contributed by atoms with van der Waals surface area (Å²) >= 11 is 17.7. The molecular weight excluding hydrogens is 280 g/mol. The summed E-state index contributed by atoms with van der Waals surface area (Å²) in [5.74, 6) is 1.40. The van der Waals surface area contributed by atoms with Crippen LogP contribution in [0.5, 0.6) is 11.5 Å². The van der Waals surface area contributed by atoms with Gasteiger partial charge >= 0.3 is 0 Å². The minimum atomic E-state index is 0.343. The standard InChI is InChI=1S/C12H8Cl3NO/c13-6-8-4-5-16-7-11(8)17-10-3-1-2-9(14)12(10)15/h1-5,7H,6H2. The van der Waals surface area contributed by atoms with E-state index in [2.05, 4.69) is 4.98 Å².